The summed E-state index contributed by atoms with van der Waals surface area (Å²) in [7, 11) is 0. The van der Waals surface area contributed by atoms with Gasteiger partial charge in [-0.05, 0) is 56.0 Å². The highest BCUT2D eigenvalue weighted by Gasteiger charge is 2.31. The van der Waals surface area contributed by atoms with E-state index in [0.29, 0.717) is 17.8 Å². The maximum absolute atomic E-state index is 11.9. The maximum Gasteiger partial charge on any atom is 0.317 e. The molecular weight excluding hydrogens is 304 g/mol. The quantitative estimate of drug-likeness (QED) is 0.692. The number of hydrogen-bond acceptors (Lipinski definition) is 3. The van der Waals surface area contributed by atoms with Crippen molar-refractivity contribution in [1.82, 2.24) is 20.5 Å². The number of phenols is 1. The molecule has 128 valence electrons. The lowest BCUT2D eigenvalue weighted by Crippen LogP contribution is -2.49. The molecule has 0 bridgehead atoms. The summed E-state index contributed by atoms with van der Waals surface area (Å²) < 4.78 is 0. The molecule has 4 rings (SSSR count). The van der Waals surface area contributed by atoms with Crippen molar-refractivity contribution in [2.24, 2.45) is 0 Å². The molecular formula is C18H24N4O2. The Hall–Kier alpha value is -2.21. The first-order valence-electron chi connectivity index (χ1n) is 8.77. The molecule has 2 fully saturated rings. The molecule has 6 heteroatoms. The van der Waals surface area contributed by atoms with E-state index in [-0.39, 0.29) is 6.03 Å². The average molecular weight is 328 g/mol. The van der Waals surface area contributed by atoms with Crippen molar-refractivity contribution in [2.75, 3.05) is 19.6 Å². The van der Waals surface area contributed by atoms with E-state index in [1.165, 1.54) is 5.56 Å². The van der Waals surface area contributed by atoms with Gasteiger partial charge in [-0.1, -0.05) is 0 Å². The third kappa shape index (κ3) is 2.94. The van der Waals surface area contributed by atoms with Crippen LogP contribution >= 0.6 is 0 Å². The van der Waals surface area contributed by atoms with E-state index in [4.69, 9.17) is 0 Å². The highest BCUT2D eigenvalue weighted by atomic mass is 16.3. The van der Waals surface area contributed by atoms with E-state index >= 15 is 0 Å². The Morgan fingerprint density at radius 2 is 2.21 bits per heavy atom. The number of nitrogens with zero attached hydrogens (tertiary/aromatic N) is 1. The molecule has 2 saturated heterocycles. The molecule has 0 saturated carbocycles. The van der Waals surface area contributed by atoms with Gasteiger partial charge < -0.3 is 25.6 Å². The molecule has 1 aromatic heterocycles. The molecule has 0 radical (unpaired) electrons. The van der Waals surface area contributed by atoms with Crippen LogP contribution in [0.2, 0.25) is 0 Å². The van der Waals surface area contributed by atoms with Gasteiger partial charge >= 0.3 is 6.03 Å². The second-order valence-electron chi connectivity index (χ2n) is 6.84. The number of benzene rings is 1. The molecule has 0 aliphatic carbocycles. The van der Waals surface area contributed by atoms with Crippen LogP contribution in [0, 0.1) is 0 Å². The number of H-pyrrole nitrogens is 1. The number of aryl methyl sites for hydroxylation is 1. The van der Waals surface area contributed by atoms with Gasteiger partial charge in [0.15, 0.2) is 0 Å². The summed E-state index contributed by atoms with van der Waals surface area (Å²) >= 11 is 0. The number of amides is 2. The third-order valence-electron chi connectivity index (χ3n) is 5.31. The Kier molecular flexibility index (Phi) is 4.06. The third-order valence-corrected chi connectivity index (χ3v) is 5.31. The summed E-state index contributed by atoms with van der Waals surface area (Å²) in [4.78, 5) is 17.1. The molecule has 2 unspecified atom stereocenters. The van der Waals surface area contributed by atoms with Crippen molar-refractivity contribution in [2.45, 2.75) is 37.8 Å². The molecule has 2 amide bonds. The van der Waals surface area contributed by atoms with Gasteiger partial charge in [-0.25, -0.2) is 4.79 Å². The van der Waals surface area contributed by atoms with Crippen molar-refractivity contribution in [1.29, 1.82) is 0 Å². The fourth-order valence-electron chi connectivity index (χ4n) is 4.02. The Balaban J connectivity index is 1.39. The SMILES string of the molecule is O=C1NCCN1C1CCNC(CCc2c[nH]c3ccc(O)cc23)C1. The molecule has 2 atom stereocenters. The summed E-state index contributed by atoms with van der Waals surface area (Å²) in [6.45, 7) is 2.57. The number of carbonyl (C=O) groups is 1. The van der Waals surface area contributed by atoms with E-state index in [2.05, 4.69) is 15.6 Å². The topological polar surface area (TPSA) is 80.4 Å². The van der Waals surface area contributed by atoms with Crippen LogP contribution in [0.25, 0.3) is 10.9 Å². The van der Waals surface area contributed by atoms with E-state index in [9.17, 15) is 9.90 Å². The number of aromatic amines is 1. The number of aromatic nitrogens is 1. The summed E-state index contributed by atoms with van der Waals surface area (Å²) in [5.41, 5.74) is 2.30. The number of hydrogen-bond donors (Lipinski definition) is 4. The lowest BCUT2D eigenvalue weighted by atomic mass is 9.93. The predicted octanol–water partition coefficient (Wildman–Crippen LogP) is 1.95. The molecule has 3 heterocycles. The molecule has 1 aromatic carbocycles. The zero-order valence-electron chi connectivity index (χ0n) is 13.7. The largest absolute Gasteiger partial charge is 0.508 e. The standard InChI is InChI=1S/C18H24N4O2/c23-15-3-4-17-16(10-15)12(11-21-17)1-2-13-9-14(5-6-19-13)22-8-7-20-18(22)24/h3-4,10-11,13-14,19,21,23H,1-2,5-9H2,(H,20,24). The Morgan fingerprint density at radius 3 is 3.04 bits per heavy atom. The lowest BCUT2D eigenvalue weighted by molar-refractivity contribution is 0.169. The number of nitrogens with one attached hydrogen (secondary N) is 3. The average Bonchev–Trinajstić information content (AvgIpc) is 3.19. The fraction of sp³-hybridized carbons (Fsp3) is 0.500. The minimum atomic E-state index is 0.0905. The fourth-order valence-corrected chi connectivity index (χ4v) is 4.02. The minimum Gasteiger partial charge on any atom is -0.508 e. The zero-order chi connectivity index (χ0) is 16.5. The van der Waals surface area contributed by atoms with Gasteiger partial charge in [0.05, 0.1) is 0 Å². The lowest BCUT2D eigenvalue weighted by Gasteiger charge is -2.35. The van der Waals surface area contributed by atoms with Crippen LogP contribution in [0.3, 0.4) is 0 Å². The zero-order valence-corrected chi connectivity index (χ0v) is 13.7. The van der Waals surface area contributed by atoms with Crippen molar-refractivity contribution in [3.05, 3.63) is 30.0 Å². The first kappa shape index (κ1) is 15.3. The van der Waals surface area contributed by atoms with Crippen molar-refractivity contribution < 1.29 is 9.90 Å². The normalized spacial score (nSPS) is 24.5. The molecule has 2 aliphatic rings. The molecule has 2 aromatic rings. The highest BCUT2D eigenvalue weighted by Crippen LogP contribution is 2.25. The molecule has 24 heavy (non-hydrogen) atoms. The van der Waals surface area contributed by atoms with Crippen LogP contribution < -0.4 is 10.6 Å². The number of piperidine rings is 1. The van der Waals surface area contributed by atoms with Crippen LogP contribution in [-0.2, 0) is 6.42 Å². The first-order chi connectivity index (χ1) is 11.7. The second-order valence-corrected chi connectivity index (χ2v) is 6.84. The minimum absolute atomic E-state index is 0.0905. The van der Waals surface area contributed by atoms with Gasteiger partial charge in [-0.15, -0.1) is 0 Å². The van der Waals surface area contributed by atoms with Crippen LogP contribution in [0.5, 0.6) is 5.75 Å². The summed E-state index contributed by atoms with van der Waals surface area (Å²) in [5.74, 6) is 0.305. The number of carbonyl (C=O) groups excluding carboxylic acids is 1. The Morgan fingerprint density at radius 1 is 1.29 bits per heavy atom. The summed E-state index contributed by atoms with van der Waals surface area (Å²) in [5, 5.41) is 17.3. The molecule has 0 spiro atoms. The Bertz CT molecular complexity index is 742. The van der Waals surface area contributed by atoms with Gasteiger partial charge in [-0.2, -0.15) is 0 Å². The van der Waals surface area contributed by atoms with Crippen LogP contribution in [0.1, 0.15) is 24.8 Å². The molecule has 4 N–H and O–H groups in total. The number of fused-ring (bicyclic) bond motifs is 1. The number of aromatic hydroxyl groups is 1. The summed E-state index contributed by atoms with van der Waals surface area (Å²) in [6.07, 6.45) is 6.08. The summed E-state index contributed by atoms with van der Waals surface area (Å²) in [6, 6.07) is 6.32. The number of phenolic OH excluding ortho intramolecular Hbond substituents is 1. The second kappa shape index (κ2) is 6.36. The van der Waals surface area contributed by atoms with Crippen LogP contribution in [0.4, 0.5) is 4.79 Å². The maximum atomic E-state index is 11.9. The van der Waals surface area contributed by atoms with Gasteiger partial charge in [0.2, 0.25) is 0 Å². The van der Waals surface area contributed by atoms with Gasteiger partial charge in [0, 0.05) is 42.3 Å². The van der Waals surface area contributed by atoms with Crippen molar-refractivity contribution in [3.63, 3.8) is 0 Å². The van der Waals surface area contributed by atoms with Crippen molar-refractivity contribution >= 4 is 16.9 Å². The van der Waals surface area contributed by atoms with Gasteiger partial charge in [0.1, 0.15) is 5.75 Å². The van der Waals surface area contributed by atoms with E-state index in [1.54, 1.807) is 6.07 Å². The van der Waals surface area contributed by atoms with Crippen LogP contribution in [-0.4, -0.2) is 52.7 Å². The van der Waals surface area contributed by atoms with Gasteiger partial charge in [-0.3, -0.25) is 0 Å². The van der Waals surface area contributed by atoms with E-state index < -0.39 is 0 Å². The van der Waals surface area contributed by atoms with Crippen molar-refractivity contribution in [3.8, 4) is 5.75 Å². The van der Waals surface area contributed by atoms with Gasteiger partial charge in [0.25, 0.3) is 0 Å². The van der Waals surface area contributed by atoms with E-state index in [1.807, 2.05) is 23.2 Å². The predicted molar refractivity (Wildman–Crippen MR) is 93.2 cm³/mol. The van der Waals surface area contributed by atoms with E-state index in [0.717, 1.165) is 56.2 Å². The highest BCUT2D eigenvalue weighted by molar-refractivity contribution is 5.84. The first-order valence-corrected chi connectivity index (χ1v) is 8.77. The Labute approximate surface area is 141 Å². The molecule has 6 nitrogen and oxygen atoms in total. The molecule has 2 aliphatic heterocycles. The van der Waals surface area contributed by atoms with Crippen LogP contribution in [0.15, 0.2) is 24.4 Å². The smallest absolute Gasteiger partial charge is 0.317 e. The number of urea groups is 1. The monoisotopic (exact) mass is 328 g/mol. The number of rotatable bonds is 4.